The lowest BCUT2D eigenvalue weighted by Crippen LogP contribution is -2.43. The number of H-pyrrole nitrogens is 1. The van der Waals surface area contributed by atoms with Crippen LogP contribution in [0.1, 0.15) is 0 Å². The molecule has 9 nitrogen and oxygen atoms in total. The number of urea groups is 2. The molecule has 0 aliphatic heterocycles. The van der Waals surface area contributed by atoms with Crippen LogP contribution in [0.15, 0.2) is 12.1 Å². The molecule has 9 heteroatoms. The van der Waals surface area contributed by atoms with Crippen molar-refractivity contribution in [1.82, 2.24) is 4.98 Å². The highest BCUT2D eigenvalue weighted by atomic mass is 16.2. The van der Waals surface area contributed by atoms with Crippen LogP contribution in [0.3, 0.4) is 0 Å². The molecule has 0 aromatic carbocycles. The van der Waals surface area contributed by atoms with Crippen LogP contribution in [-0.4, -0.2) is 17.0 Å². The lowest BCUT2D eigenvalue weighted by atomic mass is 10.5. The second-order valence-corrected chi connectivity index (χ2v) is 2.65. The van der Waals surface area contributed by atoms with Crippen molar-refractivity contribution in [1.29, 1.82) is 0 Å². The number of rotatable bonds is 2. The van der Waals surface area contributed by atoms with E-state index in [1.165, 1.54) is 12.1 Å². The number of carbonyl (C=O) groups is 2. The van der Waals surface area contributed by atoms with Crippen molar-refractivity contribution in [2.45, 2.75) is 0 Å². The molecule has 9 N–H and O–H groups in total. The number of anilines is 2. The molecule has 1 aromatic heterocycles. The van der Waals surface area contributed by atoms with Crippen molar-refractivity contribution in [3.63, 3.8) is 0 Å². The third kappa shape index (κ3) is 2.15. The zero-order chi connectivity index (χ0) is 11.6. The molecule has 1 rings (SSSR count). The van der Waals surface area contributed by atoms with Crippen LogP contribution in [0.25, 0.3) is 0 Å². The maximum absolute atomic E-state index is 10.7. The summed E-state index contributed by atoms with van der Waals surface area (Å²) in [7, 11) is 0. The quantitative estimate of drug-likeness (QED) is 0.230. The fourth-order valence-corrected chi connectivity index (χ4v) is 0.891. The highest BCUT2D eigenvalue weighted by Crippen LogP contribution is 2.16. The number of nitrogens with zero attached hydrogens (tertiary/aromatic N) is 2. The first-order chi connectivity index (χ1) is 6.93. The van der Waals surface area contributed by atoms with Crippen LogP contribution in [0.4, 0.5) is 21.2 Å². The molecule has 0 saturated carbocycles. The van der Waals surface area contributed by atoms with Crippen molar-refractivity contribution in [3.8, 4) is 0 Å². The summed E-state index contributed by atoms with van der Waals surface area (Å²) >= 11 is 0. The third-order valence-corrected chi connectivity index (χ3v) is 1.65. The standard InChI is InChI=1S/C6H11N7O2/c7-5(14)12(9)3-1-2-4(11-3)13(10)6(8)15/h1-2,11H,9-10H2,(H2,7,14)(H2,8,15). The number of nitrogens with one attached hydrogen (secondary N) is 1. The van der Waals surface area contributed by atoms with Gasteiger partial charge < -0.3 is 16.5 Å². The Kier molecular flexibility index (Phi) is 2.78. The molecule has 82 valence electrons. The van der Waals surface area contributed by atoms with E-state index < -0.39 is 12.1 Å². The fourth-order valence-electron chi connectivity index (χ4n) is 0.891. The highest BCUT2D eigenvalue weighted by molar-refractivity contribution is 5.91. The van der Waals surface area contributed by atoms with Crippen molar-refractivity contribution in [2.24, 2.45) is 23.2 Å². The van der Waals surface area contributed by atoms with Gasteiger partial charge in [-0.15, -0.1) is 0 Å². The Labute approximate surface area is 84.5 Å². The SMILES string of the molecule is NC(=O)N(N)c1ccc(N(N)C(N)=O)[nH]1. The van der Waals surface area contributed by atoms with E-state index in [0.717, 1.165) is 0 Å². The first-order valence-corrected chi connectivity index (χ1v) is 3.81. The Balaban J connectivity index is 2.89. The number of hydrazine groups is 2. The molecule has 0 atom stereocenters. The van der Waals surface area contributed by atoms with Crippen LogP contribution in [0, 0.1) is 0 Å². The Morgan fingerprint density at radius 2 is 1.33 bits per heavy atom. The highest BCUT2D eigenvalue weighted by Gasteiger charge is 2.13. The van der Waals surface area contributed by atoms with E-state index in [-0.39, 0.29) is 11.6 Å². The molecule has 0 aliphatic rings. The smallest absolute Gasteiger partial charge is 0.334 e. The van der Waals surface area contributed by atoms with Crippen LogP contribution in [0.2, 0.25) is 0 Å². The van der Waals surface area contributed by atoms with E-state index in [9.17, 15) is 9.59 Å². The molecular formula is C6H11N7O2. The monoisotopic (exact) mass is 213 g/mol. The second-order valence-electron chi connectivity index (χ2n) is 2.65. The van der Waals surface area contributed by atoms with E-state index in [4.69, 9.17) is 23.2 Å². The summed E-state index contributed by atoms with van der Waals surface area (Å²) in [5.74, 6) is 10.9. The molecule has 0 unspecified atom stereocenters. The molecule has 0 fully saturated rings. The van der Waals surface area contributed by atoms with Crippen molar-refractivity contribution in [2.75, 3.05) is 10.0 Å². The summed E-state index contributed by atoms with van der Waals surface area (Å²) in [6.07, 6.45) is 0. The Hall–Kier alpha value is -2.26. The topological polar surface area (TPSA) is 160 Å². The van der Waals surface area contributed by atoms with Gasteiger partial charge in [0, 0.05) is 0 Å². The third-order valence-electron chi connectivity index (χ3n) is 1.65. The Morgan fingerprint density at radius 3 is 1.60 bits per heavy atom. The van der Waals surface area contributed by atoms with E-state index in [1.807, 2.05) is 0 Å². The Bertz CT molecular complexity index is 352. The molecule has 0 saturated heterocycles. The normalized spacial score (nSPS) is 9.73. The number of carbonyl (C=O) groups excluding carboxylic acids is 2. The molecule has 1 aromatic rings. The number of amides is 4. The van der Waals surface area contributed by atoms with Crippen molar-refractivity contribution in [3.05, 3.63) is 12.1 Å². The van der Waals surface area contributed by atoms with E-state index in [2.05, 4.69) is 4.98 Å². The van der Waals surface area contributed by atoms with E-state index in [0.29, 0.717) is 10.0 Å². The molecule has 0 aliphatic carbocycles. The van der Waals surface area contributed by atoms with E-state index in [1.54, 1.807) is 0 Å². The fraction of sp³-hybridized carbons (Fsp3) is 0. The summed E-state index contributed by atoms with van der Waals surface area (Å²) in [4.78, 5) is 23.9. The van der Waals surface area contributed by atoms with Crippen LogP contribution >= 0.6 is 0 Å². The predicted molar refractivity (Wildman–Crippen MR) is 53.3 cm³/mol. The molecular weight excluding hydrogens is 202 g/mol. The lowest BCUT2D eigenvalue weighted by Gasteiger charge is -2.13. The average molecular weight is 213 g/mol. The summed E-state index contributed by atoms with van der Waals surface area (Å²) < 4.78 is 0. The van der Waals surface area contributed by atoms with Gasteiger partial charge in [0.25, 0.3) is 0 Å². The first-order valence-electron chi connectivity index (χ1n) is 3.81. The molecule has 4 amide bonds. The number of hydrogen-bond acceptors (Lipinski definition) is 4. The summed E-state index contributed by atoms with van der Waals surface area (Å²) in [5, 5.41) is 1.33. The van der Waals surface area contributed by atoms with Gasteiger partial charge in [0.2, 0.25) is 0 Å². The first kappa shape index (κ1) is 10.8. The maximum atomic E-state index is 10.7. The summed E-state index contributed by atoms with van der Waals surface area (Å²) in [5.41, 5.74) is 9.84. The zero-order valence-electron chi connectivity index (χ0n) is 7.68. The predicted octanol–water partition coefficient (Wildman–Crippen LogP) is -1.47. The van der Waals surface area contributed by atoms with Gasteiger partial charge in [0.15, 0.2) is 0 Å². The minimum absolute atomic E-state index is 0.189. The molecule has 15 heavy (non-hydrogen) atoms. The molecule has 0 radical (unpaired) electrons. The Morgan fingerprint density at radius 1 is 1.00 bits per heavy atom. The second kappa shape index (κ2) is 3.86. The summed E-state index contributed by atoms with van der Waals surface area (Å²) in [6.45, 7) is 0. The van der Waals surface area contributed by atoms with Gasteiger partial charge in [-0.25, -0.2) is 31.3 Å². The average Bonchev–Trinajstić information content (AvgIpc) is 2.63. The van der Waals surface area contributed by atoms with Gasteiger partial charge in [0.1, 0.15) is 11.6 Å². The van der Waals surface area contributed by atoms with E-state index >= 15 is 0 Å². The van der Waals surface area contributed by atoms with Crippen molar-refractivity contribution < 1.29 is 9.59 Å². The largest absolute Gasteiger partial charge is 0.350 e. The molecule has 1 heterocycles. The number of hydrogen-bond donors (Lipinski definition) is 5. The van der Waals surface area contributed by atoms with Crippen LogP contribution < -0.4 is 33.2 Å². The minimum atomic E-state index is -0.856. The van der Waals surface area contributed by atoms with Crippen LogP contribution in [-0.2, 0) is 0 Å². The maximum Gasteiger partial charge on any atom is 0.334 e. The van der Waals surface area contributed by atoms with Gasteiger partial charge in [-0.2, -0.15) is 0 Å². The van der Waals surface area contributed by atoms with Gasteiger partial charge in [-0.3, -0.25) is 0 Å². The number of nitrogens with two attached hydrogens (primary N) is 4. The molecule has 0 spiro atoms. The number of primary amides is 2. The van der Waals surface area contributed by atoms with Gasteiger partial charge in [0.05, 0.1) is 0 Å². The van der Waals surface area contributed by atoms with Gasteiger partial charge in [-0.05, 0) is 12.1 Å². The number of aromatic amines is 1. The zero-order valence-corrected chi connectivity index (χ0v) is 7.68. The summed E-state index contributed by atoms with van der Waals surface area (Å²) in [6, 6.07) is 1.13. The van der Waals surface area contributed by atoms with Crippen molar-refractivity contribution >= 4 is 23.7 Å². The van der Waals surface area contributed by atoms with Crippen LogP contribution in [0.5, 0.6) is 0 Å². The lowest BCUT2D eigenvalue weighted by molar-refractivity contribution is 0.253. The number of aromatic nitrogens is 1. The molecule has 0 bridgehead atoms. The minimum Gasteiger partial charge on any atom is -0.350 e. The van der Waals surface area contributed by atoms with Gasteiger partial charge >= 0.3 is 12.1 Å². The van der Waals surface area contributed by atoms with Gasteiger partial charge in [-0.1, -0.05) is 0 Å².